The van der Waals surface area contributed by atoms with Crippen molar-refractivity contribution in [3.05, 3.63) is 35.9 Å². The van der Waals surface area contributed by atoms with Crippen LogP contribution in [0.25, 0.3) is 0 Å². The normalized spacial score (nSPS) is 11.0. The Hall–Kier alpha value is -1.77. The van der Waals surface area contributed by atoms with E-state index in [-0.39, 0.29) is 5.78 Å². The number of unbranched alkanes of at least 4 members (excludes halogenated alkanes) is 7. The van der Waals surface area contributed by atoms with Gasteiger partial charge < -0.3 is 9.47 Å². The van der Waals surface area contributed by atoms with E-state index in [1.807, 2.05) is 18.2 Å². The lowest BCUT2D eigenvalue weighted by atomic mass is 10.1. The first kappa shape index (κ1) is 22.3. The SMILES string of the molecule is CCCCCCCCCC(=O)C=CCCCc1ccc(OC)c(OC)c1. The minimum atomic E-state index is 0.268. The molecule has 0 spiro atoms. The molecule has 0 fully saturated rings. The topological polar surface area (TPSA) is 35.5 Å². The lowest BCUT2D eigenvalue weighted by Gasteiger charge is -2.09. The quantitative estimate of drug-likeness (QED) is 0.272. The Labute approximate surface area is 159 Å². The zero-order valence-electron chi connectivity index (χ0n) is 16.9. The average molecular weight is 361 g/mol. The second kappa shape index (κ2) is 14.4. The summed E-state index contributed by atoms with van der Waals surface area (Å²) in [7, 11) is 3.30. The van der Waals surface area contributed by atoms with Gasteiger partial charge in [0.05, 0.1) is 14.2 Å². The van der Waals surface area contributed by atoms with Crippen LogP contribution in [0.3, 0.4) is 0 Å². The van der Waals surface area contributed by atoms with Crippen LogP contribution in [0.1, 0.15) is 76.7 Å². The van der Waals surface area contributed by atoms with Gasteiger partial charge in [0, 0.05) is 6.42 Å². The van der Waals surface area contributed by atoms with Gasteiger partial charge in [0.15, 0.2) is 17.3 Å². The molecule has 0 aliphatic heterocycles. The minimum absolute atomic E-state index is 0.268. The van der Waals surface area contributed by atoms with Crippen molar-refractivity contribution in [2.75, 3.05) is 14.2 Å². The summed E-state index contributed by atoms with van der Waals surface area (Å²) in [6.45, 7) is 2.23. The summed E-state index contributed by atoms with van der Waals surface area (Å²) in [5.41, 5.74) is 1.23. The number of ether oxygens (including phenoxy) is 2. The molecule has 0 aromatic heterocycles. The fourth-order valence-electron chi connectivity index (χ4n) is 3.01. The molecule has 0 bridgehead atoms. The van der Waals surface area contributed by atoms with E-state index in [0.717, 1.165) is 37.2 Å². The van der Waals surface area contributed by atoms with E-state index in [0.29, 0.717) is 6.42 Å². The molecule has 0 radical (unpaired) electrons. The van der Waals surface area contributed by atoms with Gasteiger partial charge in [-0.3, -0.25) is 4.79 Å². The number of allylic oxidation sites excluding steroid dienone is 2. The molecule has 1 aromatic carbocycles. The molecule has 1 rings (SSSR count). The predicted octanol–water partition coefficient (Wildman–Crippen LogP) is 6.29. The van der Waals surface area contributed by atoms with Crippen molar-refractivity contribution in [2.45, 2.75) is 77.6 Å². The summed E-state index contributed by atoms with van der Waals surface area (Å²) in [5, 5.41) is 0. The van der Waals surface area contributed by atoms with E-state index < -0.39 is 0 Å². The number of carbonyl (C=O) groups is 1. The number of ketones is 1. The molecule has 0 saturated carbocycles. The van der Waals surface area contributed by atoms with Gasteiger partial charge in [0.25, 0.3) is 0 Å². The first-order valence-corrected chi connectivity index (χ1v) is 10.1. The number of carbonyl (C=O) groups excluding carboxylic acids is 1. The lowest BCUT2D eigenvalue weighted by molar-refractivity contribution is -0.114. The zero-order valence-corrected chi connectivity index (χ0v) is 16.9. The highest BCUT2D eigenvalue weighted by Gasteiger charge is 2.04. The number of rotatable bonds is 15. The first-order valence-electron chi connectivity index (χ1n) is 10.1. The van der Waals surface area contributed by atoms with Crippen molar-refractivity contribution in [1.82, 2.24) is 0 Å². The summed E-state index contributed by atoms with van der Waals surface area (Å²) in [4.78, 5) is 11.8. The van der Waals surface area contributed by atoms with Crippen molar-refractivity contribution in [3.63, 3.8) is 0 Å². The molecule has 146 valence electrons. The number of benzene rings is 1. The summed E-state index contributed by atoms with van der Waals surface area (Å²) in [5.74, 6) is 1.79. The van der Waals surface area contributed by atoms with Crippen LogP contribution in [-0.2, 0) is 11.2 Å². The highest BCUT2D eigenvalue weighted by atomic mass is 16.5. The van der Waals surface area contributed by atoms with Gasteiger partial charge >= 0.3 is 0 Å². The fourth-order valence-corrected chi connectivity index (χ4v) is 3.01. The van der Waals surface area contributed by atoms with E-state index in [1.54, 1.807) is 20.3 Å². The third kappa shape index (κ3) is 9.65. The van der Waals surface area contributed by atoms with Gasteiger partial charge in [-0.2, -0.15) is 0 Å². The third-order valence-electron chi connectivity index (χ3n) is 4.61. The van der Waals surface area contributed by atoms with Crippen LogP contribution in [0.4, 0.5) is 0 Å². The molecular weight excluding hydrogens is 324 g/mol. The molecular formula is C23H36O3. The van der Waals surface area contributed by atoms with Gasteiger partial charge in [0.1, 0.15) is 0 Å². The van der Waals surface area contributed by atoms with Crippen molar-refractivity contribution in [3.8, 4) is 11.5 Å². The predicted molar refractivity (Wildman–Crippen MR) is 109 cm³/mol. The molecule has 0 atom stereocenters. The van der Waals surface area contributed by atoms with Crippen LogP contribution >= 0.6 is 0 Å². The molecule has 3 heteroatoms. The van der Waals surface area contributed by atoms with E-state index in [2.05, 4.69) is 13.0 Å². The van der Waals surface area contributed by atoms with Gasteiger partial charge in [-0.25, -0.2) is 0 Å². The summed E-state index contributed by atoms with van der Waals surface area (Å²) in [6, 6.07) is 6.03. The van der Waals surface area contributed by atoms with Crippen LogP contribution in [0.5, 0.6) is 11.5 Å². The Bertz CT molecular complexity index is 534. The van der Waals surface area contributed by atoms with E-state index in [1.165, 1.54) is 44.1 Å². The smallest absolute Gasteiger partial charge is 0.160 e. The Morgan fingerprint density at radius 2 is 1.62 bits per heavy atom. The molecule has 0 heterocycles. The Morgan fingerprint density at radius 3 is 2.31 bits per heavy atom. The van der Waals surface area contributed by atoms with E-state index >= 15 is 0 Å². The monoisotopic (exact) mass is 360 g/mol. The minimum Gasteiger partial charge on any atom is -0.493 e. The lowest BCUT2D eigenvalue weighted by Crippen LogP contribution is -1.93. The maximum absolute atomic E-state index is 11.8. The van der Waals surface area contributed by atoms with Crippen molar-refractivity contribution in [2.24, 2.45) is 0 Å². The molecule has 3 nitrogen and oxygen atoms in total. The van der Waals surface area contributed by atoms with Crippen molar-refractivity contribution < 1.29 is 14.3 Å². The van der Waals surface area contributed by atoms with Crippen molar-refractivity contribution >= 4 is 5.78 Å². The summed E-state index contributed by atoms with van der Waals surface area (Å²) >= 11 is 0. The molecule has 0 saturated heterocycles. The number of hydrogen-bond acceptors (Lipinski definition) is 3. The van der Waals surface area contributed by atoms with Crippen LogP contribution in [0.15, 0.2) is 30.4 Å². The summed E-state index contributed by atoms with van der Waals surface area (Å²) < 4.78 is 10.6. The molecule has 0 N–H and O–H groups in total. The second-order valence-electron chi connectivity index (χ2n) is 6.82. The second-order valence-corrected chi connectivity index (χ2v) is 6.82. The number of hydrogen-bond donors (Lipinski definition) is 0. The Balaban J connectivity index is 2.14. The Kier molecular flexibility index (Phi) is 12.3. The highest BCUT2D eigenvalue weighted by molar-refractivity contribution is 5.89. The van der Waals surface area contributed by atoms with Gasteiger partial charge in [0.2, 0.25) is 0 Å². The Morgan fingerprint density at radius 1 is 0.923 bits per heavy atom. The van der Waals surface area contributed by atoms with Crippen LogP contribution in [-0.4, -0.2) is 20.0 Å². The molecule has 0 aliphatic rings. The zero-order chi connectivity index (χ0) is 19.0. The first-order chi connectivity index (χ1) is 12.7. The van der Waals surface area contributed by atoms with Crippen molar-refractivity contribution in [1.29, 1.82) is 0 Å². The maximum Gasteiger partial charge on any atom is 0.160 e. The number of methoxy groups -OCH3 is 2. The largest absolute Gasteiger partial charge is 0.493 e. The van der Waals surface area contributed by atoms with Gasteiger partial charge in [-0.1, -0.05) is 57.6 Å². The standard InChI is InChI=1S/C23H36O3/c1-4-5-6-7-8-9-12-15-21(24)16-13-10-11-14-20-17-18-22(25-2)23(19-20)26-3/h13,16-19H,4-12,14-15H2,1-3H3. The van der Waals surface area contributed by atoms with E-state index in [9.17, 15) is 4.79 Å². The number of aryl methyl sites for hydroxylation is 1. The van der Waals surface area contributed by atoms with Gasteiger partial charge in [-0.05, 0) is 49.5 Å². The average Bonchev–Trinajstić information content (AvgIpc) is 2.66. The highest BCUT2D eigenvalue weighted by Crippen LogP contribution is 2.28. The third-order valence-corrected chi connectivity index (χ3v) is 4.61. The molecule has 26 heavy (non-hydrogen) atoms. The maximum atomic E-state index is 11.8. The molecule has 1 aromatic rings. The summed E-state index contributed by atoms with van der Waals surface area (Å²) in [6.07, 6.45) is 16.2. The van der Waals surface area contributed by atoms with Gasteiger partial charge in [-0.15, -0.1) is 0 Å². The molecule has 0 unspecified atom stereocenters. The molecule has 0 amide bonds. The van der Waals surface area contributed by atoms with E-state index in [4.69, 9.17) is 9.47 Å². The van der Waals surface area contributed by atoms with Crippen LogP contribution < -0.4 is 9.47 Å². The van der Waals surface area contributed by atoms with Crippen LogP contribution in [0, 0.1) is 0 Å². The van der Waals surface area contributed by atoms with Crippen LogP contribution in [0.2, 0.25) is 0 Å². The molecule has 0 aliphatic carbocycles. The fraction of sp³-hybridized carbons (Fsp3) is 0.609.